The van der Waals surface area contributed by atoms with Gasteiger partial charge in [-0.3, -0.25) is 0 Å². The van der Waals surface area contributed by atoms with Gasteiger partial charge in [0.1, 0.15) is 11.6 Å². The van der Waals surface area contributed by atoms with E-state index in [4.69, 9.17) is 0 Å². The summed E-state index contributed by atoms with van der Waals surface area (Å²) in [6.07, 6.45) is 6.48. The Balaban J connectivity index is 1.97. The number of nitrogens with one attached hydrogen (secondary N) is 1. The zero-order chi connectivity index (χ0) is 13.8. The molecule has 1 N–H and O–H groups in total. The first-order valence-electron chi connectivity index (χ1n) is 7.28. The number of benzene rings is 1. The van der Waals surface area contributed by atoms with Crippen LogP contribution in [0.2, 0.25) is 0 Å². The standard InChI is InChI=1S/C16H23F2N/c1-11(13-6-4-3-5-7-13)19-12(2)14-8-15(17)10-16(18)9-14/h8-13,19H,3-7H2,1-2H3. The van der Waals surface area contributed by atoms with E-state index in [1.165, 1.54) is 44.2 Å². The summed E-state index contributed by atoms with van der Waals surface area (Å²) in [5, 5.41) is 3.49. The minimum Gasteiger partial charge on any atom is -0.307 e. The van der Waals surface area contributed by atoms with Crippen molar-refractivity contribution in [3.8, 4) is 0 Å². The maximum atomic E-state index is 13.2. The molecule has 1 aromatic carbocycles. The van der Waals surface area contributed by atoms with Gasteiger partial charge < -0.3 is 5.32 Å². The van der Waals surface area contributed by atoms with E-state index in [9.17, 15) is 8.78 Å². The van der Waals surface area contributed by atoms with Crippen LogP contribution in [0.3, 0.4) is 0 Å². The van der Waals surface area contributed by atoms with E-state index in [-0.39, 0.29) is 6.04 Å². The molecule has 0 bridgehead atoms. The van der Waals surface area contributed by atoms with Crippen molar-refractivity contribution in [3.05, 3.63) is 35.4 Å². The summed E-state index contributed by atoms with van der Waals surface area (Å²) in [6.45, 7) is 4.15. The van der Waals surface area contributed by atoms with E-state index in [0.717, 1.165) is 6.07 Å². The Morgan fingerprint density at radius 1 is 1.00 bits per heavy atom. The Labute approximate surface area is 114 Å². The largest absolute Gasteiger partial charge is 0.307 e. The molecule has 0 amide bonds. The molecular formula is C16H23F2N. The molecule has 1 aliphatic rings. The monoisotopic (exact) mass is 267 g/mol. The van der Waals surface area contributed by atoms with Crippen LogP contribution in [-0.4, -0.2) is 6.04 Å². The average Bonchev–Trinajstić information content (AvgIpc) is 2.38. The molecule has 2 unspecified atom stereocenters. The highest BCUT2D eigenvalue weighted by Crippen LogP contribution is 2.27. The van der Waals surface area contributed by atoms with E-state index in [0.29, 0.717) is 17.5 Å². The normalized spacial score (nSPS) is 20.2. The van der Waals surface area contributed by atoms with Crippen LogP contribution in [-0.2, 0) is 0 Å². The molecule has 19 heavy (non-hydrogen) atoms. The van der Waals surface area contributed by atoms with E-state index < -0.39 is 11.6 Å². The highest BCUT2D eigenvalue weighted by atomic mass is 19.1. The van der Waals surface area contributed by atoms with Crippen molar-refractivity contribution in [3.63, 3.8) is 0 Å². The lowest BCUT2D eigenvalue weighted by atomic mass is 9.84. The van der Waals surface area contributed by atoms with Crippen molar-refractivity contribution in [2.45, 2.75) is 58.0 Å². The molecule has 0 saturated heterocycles. The highest BCUT2D eigenvalue weighted by Gasteiger charge is 2.21. The Morgan fingerprint density at radius 3 is 2.16 bits per heavy atom. The molecule has 0 aliphatic heterocycles. The lowest BCUT2D eigenvalue weighted by molar-refractivity contribution is 0.268. The summed E-state index contributed by atoms with van der Waals surface area (Å²) < 4.78 is 26.4. The zero-order valence-corrected chi connectivity index (χ0v) is 11.8. The molecule has 0 aromatic heterocycles. The maximum absolute atomic E-state index is 13.2. The summed E-state index contributed by atoms with van der Waals surface area (Å²) in [6, 6.07) is 4.10. The van der Waals surface area contributed by atoms with E-state index in [1.807, 2.05) is 6.92 Å². The second-order valence-electron chi connectivity index (χ2n) is 5.78. The van der Waals surface area contributed by atoms with Crippen molar-refractivity contribution in [1.82, 2.24) is 5.32 Å². The lowest BCUT2D eigenvalue weighted by Crippen LogP contribution is -2.36. The molecule has 1 aromatic rings. The topological polar surface area (TPSA) is 12.0 Å². The van der Waals surface area contributed by atoms with E-state index in [1.54, 1.807) is 0 Å². The fourth-order valence-corrected chi connectivity index (χ4v) is 3.09. The Bertz CT molecular complexity index is 393. The van der Waals surface area contributed by atoms with Crippen LogP contribution >= 0.6 is 0 Å². The van der Waals surface area contributed by atoms with Gasteiger partial charge in [0.25, 0.3) is 0 Å². The van der Waals surface area contributed by atoms with Gasteiger partial charge in [0.2, 0.25) is 0 Å². The molecule has 1 saturated carbocycles. The third kappa shape index (κ3) is 4.00. The minimum absolute atomic E-state index is 0.0258. The van der Waals surface area contributed by atoms with Crippen LogP contribution in [0.1, 0.15) is 57.6 Å². The summed E-state index contributed by atoms with van der Waals surface area (Å²) in [5.74, 6) is -0.322. The first-order valence-corrected chi connectivity index (χ1v) is 7.28. The predicted octanol–water partition coefficient (Wildman–Crippen LogP) is 4.58. The van der Waals surface area contributed by atoms with Crippen molar-refractivity contribution >= 4 is 0 Å². The van der Waals surface area contributed by atoms with Crippen molar-refractivity contribution in [2.24, 2.45) is 5.92 Å². The van der Waals surface area contributed by atoms with Crippen LogP contribution < -0.4 is 5.32 Å². The van der Waals surface area contributed by atoms with Crippen LogP contribution in [0.4, 0.5) is 8.78 Å². The number of rotatable bonds is 4. The Kier molecular flexibility index (Phi) is 4.92. The SMILES string of the molecule is CC(NC(C)C1CCCCC1)c1cc(F)cc(F)c1. The molecule has 1 fully saturated rings. The zero-order valence-electron chi connectivity index (χ0n) is 11.8. The Morgan fingerprint density at radius 2 is 1.58 bits per heavy atom. The molecule has 106 valence electrons. The number of hydrogen-bond acceptors (Lipinski definition) is 1. The Hall–Kier alpha value is -0.960. The van der Waals surface area contributed by atoms with Gasteiger partial charge in [0.15, 0.2) is 0 Å². The van der Waals surface area contributed by atoms with Gasteiger partial charge in [-0.2, -0.15) is 0 Å². The average molecular weight is 267 g/mol. The molecule has 1 nitrogen and oxygen atoms in total. The second-order valence-corrected chi connectivity index (χ2v) is 5.78. The van der Waals surface area contributed by atoms with Crippen LogP contribution in [0, 0.1) is 17.6 Å². The van der Waals surface area contributed by atoms with Crippen molar-refractivity contribution in [2.75, 3.05) is 0 Å². The molecule has 2 rings (SSSR count). The third-order valence-corrected chi connectivity index (χ3v) is 4.25. The molecular weight excluding hydrogens is 244 g/mol. The first kappa shape index (κ1) is 14.4. The van der Waals surface area contributed by atoms with Gasteiger partial charge in [0, 0.05) is 18.2 Å². The third-order valence-electron chi connectivity index (χ3n) is 4.25. The van der Waals surface area contributed by atoms with E-state index in [2.05, 4.69) is 12.2 Å². The van der Waals surface area contributed by atoms with Gasteiger partial charge in [-0.25, -0.2) is 8.78 Å². The number of hydrogen-bond donors (Lipinski definition) is 1. The van der Waals surface area contributed by atoms with Crippen LogP contribution in [0.5, 0.6) is 0 Å². The predicted molar refractivity (Wildman–Crippen MR) is 73.9 cm³/mol. The van der Waals surface area contributed by atoms with E-state index >= 15 is 0 Å². The van der Waals surface area contributed by atoms with Gasteiger partial charge >= 0.3 is 0 Å². The summed E-state index contributed by atoms with van der Waals surface area (Å²) >= 11 is 0. The fraction of sp³-hybridized carbons (Fsp3) is 0.625. The lowest BCUT2D eigenvalue weighted by Gasteiger charge is -2.30. The maximum Gasteiger partial charge on any atom is 0.126 e. The highest BCUT2D eigenvalue weighted by molar-refractivity contribution is 5.21. The molecule has 3 heteroatoms. The van der Waals surface area contributed by atoms with Gasteiger partial charge in [0.05, 0.1) is 0 Å². The van der Waals surface area contributed by atoms with Gasteiger partial charge in [-0.05, 0) is 50.3 Å². The smallest absolute Gasteiger partial charge is 0.126 e. The summed E-state index contributed by atoms with van der Waals surface area (Å²) in [5.41, 5.74) is 0.681. The molecule has 0 heterocycles. The minimum atomic E-state index is -0.506. The van der Waals surface area contributed by atoms with Crippen LogP contribution in [0.15, 0.2) is 18.2 Å². The fourth-order valence-electron chi connectivity index (χ4n) is 3.09. The van der Waals surface area contributed by atoms with Gasteiger partial charge in [-0.15, -0.1) is 0 Å². The molecule has 0 spiro atoms. The van der Waals surface area contributed by atoms with Gasteiger partial charge in [-0.1, -0.05) is 19.3 Å². The quantitative estimate of drug-likeness (QED) is 0.841. The van der Waals surface area contributed by atoms with Crippen LogP contribution in [0.25, 0.3) is 0 Å². The molecule has 1 aliphatic carbocycles. The van der Waals surface area contributed by atoms with Crippen molar-refractivity contribution in [1.29, 1.82) is 0 Å². The number of halogens is 2. The van der Waals surface area contributed by atoms with Crippen molar-refractivity contribution < 1.29 is 8.78 Å². The summed E-state index contributed by atoms with van der Waals surface area (Å²) in [7, 11) is 0. The first-order chi connectivity index (χ1) is 9.06. The molecule has 2 atom stereocenters. The molecule has 0 radical (unpaired) electrons. The summed E-state index contributed by atoms with van der Waals surface area (Å²) in [4.78, 5) is 0. The second kappa shape index (κ2) is 6.47.